The summed E-state index contributed by atoms with van der Waals surface area (Å²) < 4.78 is 5.64. The highest BCUT2D eigenvalue weighted by atomic mass is 32.2. The van der Waals surface area contributed by atoms with E-state index in [1.807, 2.05) is 25.7 Å². The number of rotatable bonds is 5. The summed E-state index contributed by atoms with van der Waals surface area (Å²) in [4.78, 5) is 14.4. The molecule has 6 heteroatoms. The highest BCUT2D eigenvalue weighted by Crippen LogP contribution is 2.26. The first-order valence-electron chi connectivity index (χ1n) is 9.20. The van der Waals surface area contributed by atoms with Crippen molar-refractivity contribution in [3.8, 4) is 0 Å². The fourth-order valence-electron chi connectivity index (χ4n) is 3.12. The molecule has 140 valence electrons. The number of carbonyl (C=O) groups is 1. The van der Waals surface area contributed by atoms with Crippen LogP contribution in [0.2, 0.25) is 0 Å². The summed E-state index contributed by atoms with van der Waals surface area (Å²) in [6.07, 6.45) is 3.25. The molecule has 1 aliphatic heterocycles. The van der Waals surface area contributed by atoms with Crippen molar-refractivity contribution < 1.29 is 9.21 Å². The Balaban J connectivity index is 1.43. The van der Waals surface area contributed by atoms with Gasteiger partial charge >= 0.3 is 0 Å². The molecule has 1 aromatic carbocycles. The number of carbonyl (C=O) groups excluding carboxylic acids is 1. The van der Waals surface area contributed by atoms with E-state index in [4.69, 9.17) is 4.42 Å². The molecule has 0 spiro atoms. The Morgan fingerprint density at radius 1 is 1.19 bits per heavy atom. The number of amides is 1. The molecule has 0 aliphatic carbocycles. The van der Waals surface area contributed by atoms with Gasteiger partial charge in [-0.2, -0.15) is 0 Å². The monoisotopic (exact) mass is 373 g/mol. The minimum absolute atomic E-state index is 0.156. The van der Waals surface area contributed by atoms with E-state index in [1.54, 1.807) is 0 Å². The molecule has 0 saturated carbocycles. The van der Waals surface area contributed by atoms with Crippen molar-refractivity contribution in [2.45, 2.75) is 50.7 Å². The zero-order valence-corrected chi connectivity index (χ0v) is 16.6. The molecule has 1 amide bonds. The summed E-state index contributed by atoms with van der Waals surface area (Å²) in [5, 5.41) is 8.57. The van der Waals surface area contributed by atoms with Crippen LogP contribution in [-0.2, 0) is 16.6 Å². The molecular weight excluding hydrogens is 346 g/mol. The van der Waals surface area contributed by atoms with Gasteiger partial charge in [0.1, 0.15) is 0 Å². The Bertz CT molecular complexity index is 716. The fraction of sp³-hybridized carbons (Fsp3) is 0.550. The second-order valence-corrected chi connectivity index (χ2v) is 8.85. The Kier molecular flexibility index (Phi) is 6.01. The average molecular weight is 374 g/mol. The number of benzene rings is 1. The molecule has 2 heterocycles. The molecule has 3 rings (SSSR count). The number of thioether (sulfide) groups is 1. The van der Waals surface area contributed by atoms with Crippen LogP contribution in [0, 0.1) is 5.92 Å². The molecule has 1 fully saturated rings. The predicted molar refractivity (Wildman–Crippen MR) is 103 cm³/mol. The van der Waals surface area contributed by atoms with Gasteiger partial charge in [-0.05, 0) is 30.7 Å². The minimum atomic E-state index is -0.170. The Hall–Kier alpha value is -1.82. The molecule has 2 aromatic rings. The molecule has 0 bridgehead atoms. The lowest BCUT2D eigenvalue weighted by Gasteiger charge is -2.32. The standard InChI is InChI=1S/C20H27N3O2S/c1-20(2,3)18-21-22-19(25-18)26-14-17(24)23-11-9-16(10-12-23)13-15-7-5-4-6-8-15/h4-8,16H,9-14H2,1-3H3. The highest BCUT2D eigenvalue weighted by molar-refractivity contribution is 7.99. The summed E-state index contributed by atoms with van der Waals surface area (Å²) in [6, 6.07) is 10.6. The normalized spacial score (nSPS) is 16.0. The van der Waals surface area contributed by atoms with E-state index in [2.05, 4.69) is 40.5 Å². The van der Waals surface area contributed by atoms with Crippen molar-refractivity contribution in [3.05, 3.63) is 41.8 Å². The first kappa shape index (κ1) is 19.0. The lowest BCUT2D eigenvalue weighted by atomic mass is 9.90. The third kappa shape index (κ3) is 5.10. The summed E-state index contributed by atoms with van der Waals surface area (Å²) in [5.41, 5.74) is 1.22. The van der Waals surface area contributed by atoms with Gasteiger partial charge in [-0.1, -0.05) is 62.9 Å². The van der Waals surface area contributed by atoms with Gasteiger partial charge in [0.25, 0.3) is 5.22 Å². The predicted octanol–water partition coefficient (Wildman–Crippen LogP) is 3.94. The van der Waals surface area contributed by atoms with E-state index in [1.165, 1.54) is 17.3 Å². The number of aromatic nitrogens is 2. The van der Waals surface area contributed by atoms with Crippen LogP contribution in [0.3, 0.4) is 0 Å². The van der Waals surface area contributed by atoms with E-state index in [9.17, 15) is 4.79 Å². The maximum Gasteiger partial charge on any atom is 0.277 e. The van der Waals surface area contributed by atoms with Crippen LogP contribution >= 0.6 is 11.8 Å². The molecule has 5 nitrogen and oxygen atoms in total. The first-order chi connectivity index (χ1) is 12.4. The van der Waals surface area contributed by atoms with Crippen LogP contribution in [0.25, 0.3) is 0 Å². The van der Waals surface area contributed by atoms with Crippen LogP contribution in [0.5, 0.6) is 0 Å². The number of hydrogen-bond acceptors (Lipinski definition) is 5. The van der Waals surface area contributed by atoms with Crippen LogP contribution < -0.4 is 0 Å². The average Bonchev–Trinajstić information content (AvgIpc) is 3.11. The second-order valence-electron chi connectivity index (χ2n) is 7.93. The van der Waals surface area contributed by atoms with Gasteiger partial charge in [0.15, 0.2) is 0 Å². The van der Waals surface area contributed by atoms with Crippen molar-refractivity contribution in [2.24, 2.45) is 5.92 Å². The van der Waals surface area contributed by atoms with Gasteiger partial charge in [-0.3, -0.25) is 4.79 Å². The van der Waals surface area contributed by atoms with Crippen LogP contribution in [-0.4, -0.2) is 39.8 Å². The Morgan fingerprint density at radius 3 is 2.50 bits per heavy atom. The van der Waals surface area contributed by atoms with Crippen molar-refractivity contribution in [3.63, 3.8) is 0 Å². The maximum absolute atomic E-state index is 12.5. The third-order valence-electron chi connectivity index (χ3n) is 4.70. The molecule has 0 radical (unpaired) electrons. The molecule has 1 aromatic heterocycles. The van der Waals surface area contributed by atoms with Crippen molar-refractivity contribution >= 4 is 17.7 Å². The van der Waals surface area contributed by atoms with Gasteiger partial charge < -0.3 is 9.32 Å². The molecule has 1 saturated heterocycles. The molecule has 0 atom stereocenters. The van der Waals surface area contributed by atoms with Gasteiger partial charge in [0.05, 0.1) is 5.75 Å². The molecule has 1 aliphatic rings. The number of likely N-dealkylation sites (tertiary alicyclic amines) is 1. The topological polar surface area (TPSA) is 59.2 Å². The number of hydrogen-bond donors (Lipinski definition) is 0. The summed E-state index contributed by atoms with van der Waals surface area (Å²) in [6.45, 7) is 7.76. The lowest BCUT2D eigenvalue weighted by molar-refractivity contribution is -0.129. The summed E-state index contributed by atoms with van der Waals surface area (Å²) in [7, 11) is 0. The maximum atomic E-state index is 12.5. The van der Waals surface area contributed by atoms with Crippen molar-refractivity contribution in [1.29, 1.82) is 0 Å². The Morgan fingerprint density at radius 2 is 1.88 bits per heavy atom. The van der Waals surface area contributed by atoms with E-state index in [0.29, 0.717) is 22.8 Å². The van der Waals surface area contributed by atoms with E-state index in [0.717, 1.165) is 32.4 Å². The van der Waals surface area contributed by atoms with Crippen LogP contribution in [0.1, 0.15) is 45.1 Å². The van der Waals surface area contributed by atoms with Gasteiger partial charge in [-0.25, -0.2) is 0 Å². The number of piperidine rings is 1. The van der Waals surface area contributed by atoms with E-state index in [-0.39, 0.29) is 11.3 Å². The van der Waals surface area contributed by atoms with Crippen molar-refractivity contribution in [1.82, 2.24) is 15.1 Å². The summed E-state index contributed by atoms with van der Waals surface area (Å²) >= 11 is 1.33. The van der Waals surface area contributed by atoms with Crippen LogP contribution in [0.4, 0.5) is 0 Å². The van der Waals surface area contributed by atoms with Crippen molar-refractivity contribution in [2.75, 3.05) is 18.8 Å². The van der Waals surface area contributed by atoms with E-state index < -0.39 is 0 Å². The SMILES string of the molecule is CC(C)(C)c1nnc(SCC(=O)N2CCC(Cc3ccccc3)CC2)o1. The number of nitrogens with zero attached hydrogens (tertiary/aromatic N) is 3. The zero-order chi connectivity index (χ0) is 18.6. The minimum Gasteiger partial charge on any atom is -0.415 e. The lowest BCUT2D eigenvalue weighted by Crippen LogP contribution is -2.39. The summed E-state index contributed by atoms with van der Waals surface area (Å²) in [5.74, 6) is 1.78. The molecule has 0 unspecified atom stereocenters. The zero-order valence-electron chi connectivity index (χ0n) is 15.8. The molecular formula is C20H27N3O2S. The second kappa shape index (κ2) is 8.25. The quantitative estimate of drug-likeness (QED) is 0.743. The smallest absolute Gasteiger partial charge is 0.277 e. The highest BCUT2D eigenvalue weighted by Gasteiger charge is 2.25. The van der Waals surface area contributed by atoms with Gasteiger partial charge in [0.2, 0.25) is 11.8 Å². The van der Waals surface area contributed by atoms with Gasteiger partial charge in [0, 0.05) is 18.5 Å². The Labute approximate surface area is 159 Å². The molecule has 0 N–H and O–H groups in total. The largest absolute Gasteiger partial charge is 0.415 e. The van der Waals surface area contributed by atoms with Crippen LogP contribution in [0.15, 0.2) is 40.0 Å². The van der Waals surface area contributed by atoms with E-state index >= 15 is 0 Å². The van der Waals surface area contributed by atoms with Gasteiger partial charge in [-0.15, -0.1) is 10.2 Å². The third-order valence-corrected chi connectivity index (χ3v) is 5.50. The first-order valence-corrected chi connectivity index (χ1v) is 10.2. The molecule has 26 heavy (non-hydrogen) atoms. The fourth-order valence-corrected chi connectivity index (χ4v) is 3.79.